The zero-order valence-electron chi connectivity index (χ0n) is 21.6. The first kappa shape index (κ1) is 25.6. The SMILES string of the molecule is COc1ccccc1[C@H](c1cccc2ccccc12)C(C)(C#N)C(=O)N1CCN(c2cccc(Cl)c2)CC1. The van der Waals surface area contributed by atoms with E-state index >= 15 is 0 Å². The van der Waals surface area contributed by atoms with Crippen molar-refractivity contribution in [2.75, 3.05) is 38.2 Å². The Morgan fingerprint density at radius 3 is 2.32 bits per heavy atom. The average molecular weight is 524 g/mol. The molecular formula is C32H30ClN3O2. The fourth-order valence-electron chi connectivity index (χ4n) is 5.60. The van der Waals surface area contributed by atoms with Crippen molar-refractivity contribution in [1.29, 1.82) is 5.26 Å². The van der Waals surface area contributed by atoms with Gasteiger partial charge in [0.2, 0.25) is 5.91 Å². The van der Waals surface area contributed by atoms with Gasteiger partial charge in [0.1, 0.15) is 11.2 Å². The summed E-state index contributed by atoms with van der Waals surface area (Å²) in [6.07, 6.45) is 0. The topological polar surface area (TPSA) is 56.6 Å². The molecule has 1 aliphatic rings. The van der Waals surface area contributed by atoms with Gasteiger partial charge in [-0.05, 0) is 47.5 Å². The molecule has 0 aliphatic carbocycles. The molecule has 4 aromatic carbocycles. The fourth-order valence-corrected chi connectivity index (χ4v) is 5.79. The van der Waals surface area contributed by atoms with E-state index in [2.05, 4.69) is 29.2 Å². The van der Waals surface area contributed by atoms with Crippen LogP contribution in [0, 0.1) is 16.7 Å². The molecule has 1 unspecified atom stereocenters. The van der Waals surface area contributed by atoms with E-state index in [0.29, 0.717) is 37.0 Å². The van der Waals surface area contributed by atoms with Crippen molar-refractivity contribution in [3.63, 3.8) is 0 Å². The molecule has 0 aromatic heterocycles. The van der Waals surface area contributed by atoms with E-state index in [-0.39, 0.29) is 5.91 Å². The Hall–Kier alpha value is -4.01. The third-order valence-corrected chi connectivity index (χ3v) is 7.81. The molecular weight excluding hydrogens is 494 g/mol. The van der Waals surface area contributed by atoms with Gasteiger partial charge in [0.25, 0.3) is 0 Å². The van der Waals surface area contributed by atoms with E-state index < -0.39 is 11.3 Å². The number of para-hydroxylation sites is 1. The Bertz CT molecular complexity index is 1500. The number of ether oxygens (including phenoxy) is 1. The largest absolute Gasteiger partial charge is 0.496 e. The molecule has 0 spiro atoms. The molecule has 0 saturated carbocycles. The Labute approximate surface area is 228 Å². The minimum Gasteiger partial charge on any atom is -0.496 e. The van der Waals surface area contributed by atoms with Crippen LogP contribution in [0.2, 0.25) is 5.02 Å². The van der Waals surface area contributed by atoms with Gasteiger partial charge in [-0.2, -0.15) is 5.26 Å². The standard InChI is InChI=1S/C32H30ClN3O2/c1-32(22-34,31(37)36-19-17-35(18-20-36)25-12-8-11-24(33)21-25)30(28-14-5-6-16-29(28)38-2)27-15-7-10-23-9-3-4-13-26(23)27/h3-16,21,30H,17-20H2,1-2H3/t30-,32?/m0/s1. The number of hydrogen-bond acceptors (Lipinski definition) is 4. The van der Waals surface area contributed by atoms with Gasteiger partial charge in [-0.3, -0.25) is 4.79 Å². The summed E-state index contributed by atoms with van der Waals surface area (Å²) in [6, 6.07) is 32.1. The van der Waals surface area contributed by atoms with Crippen LogP contribution in [0.5, 0.6) is 5.75 Å². The number of piperazine rings is 1. The van der Waals surface area contributed by atoms with Crippen molar-refractivity contribution in [3.05, 3.63) is 107 Å². The quantitative estimate of drug-likeness (QED) is 0.289. The highest BCUT2D eigenvalue weighted by Crippen LogP contribution is 2.47. The molecule has 1 fully saturated rings. The molecule has 192 valence electrons. The van der Waals surface area contributed by atoms with Crippen molar-refractivity contribution in [2.45, 2.75) is 12.8 Å². The van der Waals surface area contributed by atoms with Gasteiger partial charge >= 0.3 is 0 Å². The van der Waals surface area contributed by atoms with E-state index in [9.17, 15) is 10.1 Å². The van der Waals surface area contributed by atoms with Crippen molar-refractivity contribution < 1.29 is 9.53 Å². The molecule has 0 N–H and O–H groups in total. The summed E-state index contributed by atoms with van der Waals surface area (Å²) in [5.74, 6) is -0.0479. The van der Waals surface area contributed by atoms with Gasteiger partial charge in [-0.15, -0.1) is 0 Å². The minimum absolute atomic E-state index is 0.172. The number of nitriles is 1. The molecule has 38 heavy (non-hydrogen) atoms. The second-order valence-electron chi connectivity index (χ2n) is 9.82. The zero-order chi connectivity index (χ0) is 26.7. The number of benzene rings is 4. The summed E-state index contributed by atoms with van der Waals surface area (Å²) >= 11 is 6.20. The number of rotatable bonds is 6. The van der Waals surface area contributed by atoms with E-state index in [4.69, 9.17) is 16.3 Å². The van der Waals surface area contributed by atoms with Crippen molar-refractivity contribution >= 4 is 34.0 Å². The number of carbonyl (C=O) groups is 1. The number of anilines is 1. The van der Waals surface area contributed by atoms with Gasteiger partial charge in [0.15, 0.2) is 0 Å². The lowest BCUT2D eigenvalue weighted by atomic mass is 9.68. The maximum atomic E-state index is 14.3. The highest BCUT2D eigenvalue weighted by atomic mass is 35.5. The summed E-state index contributed by atoms with van der Waals surface area (Å²) in [4.78, 5) is 18.4. The molecule has 1 aliphatic heterocycles. The van der Waals surface area contributed by atoms with Gasteiger partial charge in [-0.25, -0.2) is 0 Å². The highest BCUT2D eigenvalue weighted by molar-refractivity contribution is 6.30. The molecule has 5 rings (SSSR count). The van der Waals surface area contributed by atoms with Crippen LogP contribution in [0.25, 0.3) is 10.8 Å². The number of fused-ring (bicyclic) bond motifs is 1. The number of halogens is 1. The lowest BCUT2D eigenvalue weighted by molar-refractivity contribution is -0.139. The summed E-state index contributed by atoms with van der Waals surface area (Å²) < 4.78 is 5.75. The predicted octanol–water partition coefficient (Wildman–Crippen LogP) is 6.51. The third kappa shape index (κ3) is 4.68. The molecule has 1 amide bonds. The number of methoxy groups -OCH3 is 1. The van der Waals surface area contributed by atoms with E-state index in [1.54, 1.807) is 14.0 Å². The van der Waals surface area contributed by atoms with E-state index in [1.807, 2.05) is 77.7 Å². The van der Waals surface area contributed by atoms with Crippen LogP contribution >= 0.6 is 11.6 Å². The van der Waals surface area contributed by atoms with E-state index in [0.717, 1.165) is 27.6 Å². The number of hydrogen-bond donors (Lipinski definition) is 0. The lowest BCUT2D eigenvalue weighted by Crippen LogP contribution is -2.53. The smallest absolute Gasteiger partial charge is 0.243 e. The first-order chi connectivity index (χ1) is 18.5. The third-order valence-electron chi connectivity index (χ3n) is 7.58. The second kappa shape index (κ2) is 10.8. The van der Waals surface area contributed by atoms with Crippen LogP contribution < -0.4 is 9.64 Å². The second-order valence-corrected chi connectivity index (χ2v) is 10.3. The van der Waals surface area contributed by atoms with Gasteiger partial charge in [0, 0.05) is 48.4 Å². The molecule has 0 radical (unpaired) electrons. The van der Waals surface area contributed by atoms with Crippen LogP contribution in [-0.4, -0.2) is 44.1 Å². The van der Waals surface area contributed by atoms with Gasteiger partial charge in [-0.1, -0.05) is 78.3 Å². The van der Waals surface area contributed by atoms with Crippen molar-refractivity contribution in [3.8, 4) is 11.8 Å². The first-order valence-electron chi connectivity index (χ1n) is 12.8. The molecule has 1 heterocycles. The number of nitrogens with zero attached hydrogens (tertiary/aromatic N) is 3. The number of amides is 1. The first-order valence-corrected chi connectivity index (χ1v) is 13.2. The molecule has 5 nitrogen and oxygen atoms in total. The van der Waals surface area contributed by atoms with Crippen LogP contribution in [0.1, 0.15) is 24.0 Å². The fraction of sp³-hybridized carbons (Fsp3) is 0.250. The lowest BCUT2D eigenvalue weighted by Gasteiger charge is -2.41. The van der Waals surface area contributed by atoms with Crippen LogP contribution in [0.15, 0.2) is 91.0 Å². The molecule has 0 bridgehead atoms. The summed E-state index contributed by atoms with van der Waals surface area (Å²) in [6.45, 7) is 4.16. The average Bonchev–Trinajstić information content (AvgIpc) is 2.97. The predicted molar refractivity (Wildman–Crippen MR) is 153 cm³/mol. The van der Waals surface area contributed by atoms with E-state index in [1.165, 1.54) is 0 Å². The van der Waals surface area contributed by atoms with Crippen LogP contribution in [0.3, 0.4) is 0 Å². The Morgan fingerprint density at radius 1 is 0.921 bits per heavy atom. The molecule has 1 saturated heterocycles. The minimum atomic E-state index is -1.36. The zero-order valence-corrected chi connectivity index (χ0v) is 22.4. The molecule has 2 atom stereocenters. The molecule has 6 heteroatoms. The Morgan fingerprint density at radius 2 is 1.58 bits per heavy atom. The monoisotopic (exact) mass is 523 g/mol. The summed E-state index contributed by atoms with van der Waals surface area (Å²) in [5, 5.41) is 13.5. The Balaban J connectivity index is 1.54. The highest BCUT2D eigenvalue weighted by Gasteiger charge is 2.47. The summed E-state index contributed by atoms with van der Waals surface area (Å²) in [7, 11) is 1.62. The maximum absolute atomic E-state index is 14.3. The van der Waals surface area contributed by atoms with Crippen LogP contribution in [-0.2, 0) is 4.79 Å². The normalized spacial score (nSPS) is 15.9. The van der Waals surface area contributed by atoms with Gasteiger partial charge in [0.05, 0.1) is 13.2 Å². The van der Waals surface area contributed by atoms with Crippen LogP contribution in [0.4, 0.5) is 5.69 Å². The van der Waals surface area contributed by atoms with Crippen molar-refractivity contribution in [2.24, 2.45) is 5.41 Å². The van der Waals surface area contributed by atoms with Crippen molar-refractivity contribution in [1.82, 2.24) is 4.90 Å². The Kier molecular flexibility index (Phi) is 7.26. The van der Waals surface area contributed by atoms with Gasteiger partial charge < -0.3 is 14.5 Å². The number of carbonyl (C=O) groups excluding carboxylic acids is 1. The maximum Gasteiger partial charge on any atom is 0.243 e. The summed E-state index contributed by atoms with van der Waals surface area (Å²) in [5.41, 5.74) is 1.43. The molecule has 4 aromatic rings.